The first-order chi connectivity index (χ1) is 36.3. The molecule has 5 aromatic carbocycles. The summed E-state index contributed by atoms with van der Waals surface area (Å²) in [5.74, 6) is -1.50. The van der Waals surface area contributed by atoms with Crippen molar-refractivity contribution < 1.29 is 66.5 Å². The fourth-order valence-electron chi connectivity index (χ4n) is 7.56. The number of thioether (sulfide) groups is 1. The summed E-state index contributed by atoms with van der Waals surface area (Å²) >= 11 is 1.91. The Hall–Kier alpha value is -7.12. The van der Waals surface area contributed by atoms with Crippen LogP contribution < -0.4 is 9.47 Å². The average Bonchev–Trinajstić information content (AvgIpc) is 3.98. The van der Waals surface area contributed by atoms with E-state index in [-0.39, 0.29) is 127 Å². The number of para-hydroxylation sites is 2. The highest BCUT2D eigenvalue weighted by atomic mass is 32.2. The van der Waals surface area contributed by atoms with Crippen LogP contribution in [0.25, 0.3) is 37.7 Å². The van der Waals surface area contributed by atoms with Gasteiger partial charge in [0.05, 0.1) is 56.7 Å². The molecule has 0 amide bonds. The number of azo groups is 3. The number of nitrogens with zero attached hydrogens (tertiary/aromatic N) is 10. The van der Waals surface area contributed by atoms with Gasteiger partial charge in [-0.15, -0.1) is 42.4 Å². The molecule has 31 heteroatoms. The number of imidazole rings is 1. The number of pyridine rings is 1. The van der Waals surface area contributed by atoms with E-state index in [0.717, 1.165) is 41.3 Å². The average molecular weight is 1170 g/mol. The van der Waals surface area contributed by atoms with E-state index in [4.69, 9.17) is 16.4 Å². The van der Waals surface area contributed by atoms with E-state index in [0.29, 0.717) is 21.5 Å². The van der Waals surface area contributed by atoms with Gasteiger partial charge in [0.2, 0.25) is 11.0 Å². The first-order valence-corrected chi connectivity index (χ1v) is 30.2. The van der Waals surface area contributed by atoms with E-state index in [1.165, 1.54) is 28.7 Å². The summed E-state index contributed by atoms with van der Waals surface area (Å²) in [5, 5.41) is 48.2. The summed E-state index contributed by atoms with van der Waals surface area (Å²) in [6.07, 6.45) is -0.144. The third kappa shape index (κ3) is 13.0. The van der Waals surface area contributed by atoms with E-state index >= 15 is 0 Å². The van der Waals surface area contributed by atoms with Gasteiger partial charge in [0.15, 0.2) is 11.3 Å². The number of benzene rings is 5. The molecule has 0 saturated carbocycles. The molecule has 0 aliphatic carbocycles. The minimum absolute atomic E-state index is 0.00681. The van der Waals surface area contributed by atoms with Crippen LogP contribution in [-0.4, -0.2) is 102 Å². The molecule has 25 nitrogen and oxygen atoms in total. The molecule has 0 bridgehead atoms. The number of fused-ring (bicyclic) bond motifs is 6. The monoisotopic (exact) mass is 1160 g/mol. The standard InChI is InChI=1S/C46H40N10O15S6/c1-4-13-70-37-22-34(52-54-41-26(3)30(24-47)44-48-31-9-5-6-10-36(31)56(44)45(41)57)38(71-14-7-16-74(58,59)60)21-33(37)51-53-35-18-25(2)32(23-39(35)72-15-8-17-75(61,62)63)50-55-46-49-42-40(77(67,68)69)19-27-11-12-28(76(64,65)66)20-29(27)43(42)73-46/h1,5-6,9-12,18-23,57H,4,7-8,13-17H2,2-3H3,(H,58,59,60)(H,61,62,63)(H,64,65,66)(H,67,68,69). The van der Waals surface area contributed by atoms with Crippen LogP contribution in [0.2, 0.25) is 0 Å². The van der Waals surface area contributed by atoms with Gasteiger partial charge < -0.3 is 14.6 Å². The van der Waals surface area contributed by atoms with Gasteiger partial charge in [0.1, 0.15) is 44.9 Å². The SMILES string of the molecule is [CH]CCOc1cc(N=Nc2c(C)c(C#N)c3nc4ccccc4n3c2O)c(OCCCS(=O)(=O)O)cc1N=Nc1cc(C)c(N=Nc2nc3c(S(=O)(=O)O)cc4ccc(S(=O)(=O)O)cc4c3s2)cc1SCCCS(=O)(=O)O. The van der Waals surface area contributed by atoms with Crippen LogP contribution in [0, 0.1) is 32.1 Å². The van der Waals surface area contributed by atoms with Crippen molar-refractivity contribution in [2.75, 3.05) is 30.5 Å². The number of nitriles is 1. The zero-order valence-corrected chi connectivity index (χ0v) is 44.8. The third-order valence-corrected chi connectivity index (χ3v) is 16.5. The number of hydrogen-bond acceptors (Lipinski definition) is 22. The van der Waals surface area contributed by atoms with Crippen molar-refractivity contribution in [3.8, 4) is 23.4 Å². The lowest BCUT2D eigenvalue weighted by Gasteiger charge is -2.14. The van der Waals surface area contributed by atoms with Gasteiger partial charge in [0, 0.05) is 28.0 Å². The van der Waals surface area contributed by atoms with Gasteiger partial charge in [-0.1, -0.05) is 29.5 Å². The lowest BCUT2D eigenvalue weighted by Crippen LogP contribution is -2.08. The van der Waals surface area contributed by atoms with E-state index in [1.807, 2.05) is 0 Å². The molecule has 3 aromatic heterocycles. The molecule has 5 N–H and O–H groups in total. The molecule has 0 aliphatic heterocycles. The second-order valence-electron chi connectivity index (χ2n) is 16.5. The molecule has 2 radical (unpaired) electrons. The number of rotatable bonds is 21. The maximum absolute atomic E-state index is 12.5. The van der Waals surface area contributed by atoms with Gasteiger partial charge in [-0.2, -0.15) is 38.9 Å². The molecule has 400 valence electrons. The molecular formula is C46H40N10O15S6. The highest BCUT2D eigenvalue weighted by molar-refractivity contribution is 7.99. The van der Waals surface area contributed by atoms with E-state index in [1.54, 1.807) is 44.2 Å². The maximum Gasteiger partial charge on any atom is 0.296 e. The van der Waals surface area contributed by atoms with Crippen molar-refractivity contribution >= 4 is 135 Å². The Morgan fingerprint density at radius 1 is 0.740 bits per heavy atom. The maximum atomic E-state index is 12.5. The summed E-state index contributed by atoms with van der Waals surface area (Å²) in [7, 11) is -18.3. The Kier molecular flexibility index (Phi) is 16.4. The molecule has 0 atom stereocenters. The number of aromatic hydroxyl groups is 1. The molecule has 3 heterocycles. The first kappa shape index (κ1) is 56.1. The van der Waals surface area contributed by atoms with Crippen molar-refractivity contribution in [2.45, 2.75) is 47.8 Å². The summed E-state index contributed by atoms with van der Waals surface area (Å²) in [4.78, 5) is 8.07. The first-order valence-electron chi connectivity index (χ1n) is 22.3. The third-order valence-electron chi connectivity index (χ3n) is 11.1. The zero-order chi connectivity index (χ0) is 55.6. The Labute approximate surface area is 447 Å². The minimum Gasteiger partial charge on any atom is -0.493 e. The van der Waals surface area contributed by atoms with Gasteiger partial charge in [0.25, 0.3) is 40.5 Å². The van der Waals surface area contributed by atoms with Crippen molar-refractivity contribution in [1.82, 2.24) is 14.4 Å². The quantitative estimate of drug-likeness (QED) is 0.0193. The Bertz CT molecular complexity index is 4290. The summed E-state index contributed by atoms with van der Waals surface area (Å²) in [6, 6.07) is 19.3. The van der Waals surface area contributed by atoms with Gasteiger partial charge in [-0.3, -0.25) is 22.6 Å². The smallest absolute Gasteiger partial charge is 0.296 e. The molecule has 77 heavy (non-hydrogen) atoms. The minimum atomic E-state index is -4.88. The molecule has 8 aromatic rings. The molecule has 0 saturated heterocycles. The number of aryl methyl sites for hydroxylation is 1. The molecule has 0 aliphatic rings. The Morgan fingerprint density at radius 3 is 2.05 bits per heavy atom. The Balaban J connectivity index is 1.20. The van der Waals surface area contributed by atoms with Gasteiger partial charge in [-0.25, -0.2) is 9.97 Å². The predicted octanol–water partition coefficient (Wildman–Crippen LogP) is 10.7. The molecule has 0 unspecified atom stereocenters. The predicted molar refractivity (Wildman–Crippen MR) is 283 cm³/mol. The summed E-state index contributed by atoms with van der Waals surface area (Å²) in [6.45, 7) is 8.68. The van der Waals surface area contributed by atoms with Gasteiger partial charge >= 0.3 is 0 Å². The fourth-order valence-corrected chi connectivity index (χ4v) is 11.9. The second kappa shape index (κ2) is 22.5. The van der Waals surface area contributed by atoms with Crippen molar-refractivity contribution in [3.05, 3.63) is 96.4 Å². The molecule has 8 rings (SSSR count). The number of aromatic nitrogens is 3. The van der Waals surface area contributed by atoms with Crippen molar-refractivity contribution in [2.24, 2.45) is 30.7 Å². The topological polar surface area (TPSA) is 384 Å². The van der Waals surface area contributed by atoms with Crippen LogP contribution in [-0.2, 0) is 40.5 Å². The normalized spacial score (nSPS) is 12.9. The van der Waals surface area contributed by atoms with Gasteiger partial charge in [-0.05, 0) is 99.2 Å². The number of ether oxygens (including phenoxy) is 2. The van der Waals surface area contributed by atoms with Crippen LogP contribution in [0.3, 0.4) is 0 Å². The van der Waals surface area contributed by atoms with Crippen LogP contribution in [0.4, 0.5) is 33.6 Å². The van der Waals surface area contributed by atoms with E-state index in [9.17, 15) is 62.3 Å². The largest absolute Gasteiger partial charge is 0.493 e. The van der Waals surface area contributed by atoms with Crippen LogP contribution in [0.15, 0.2) is 118 Å². The molecule has 0 fully saturated rings. The Morgan fingerprint density at radius 2 is 1.39 bits per heavy atom. The summed E-state index contributed by atoms with van der Waals surface area (Å²) in [5.41, 5.74) is 1.99. The lowest BCUT2D eigenvalue weighted by molar-refractivity contribution is 0.312. The van der Waals surface area contributed by atoms with Crippen molar-refractivity contribution in [1.29, 1.82) is 5.26 Å². The van der Waals surface area contributed by atoms with E-state index < -0.39 is 61.8 Å². The van der Waals surface area contributed by atoms with E-state index in [2.05, 4.69) is 46.7 Å². The molecule has 0 spiro atoms. The van der Waals surface area contributed by atoms with Crippen LogP contribution >= 0.6 is 23.1 Å². The van der Waals surface area contributed by atoms with Crippen LogP contribution in [0.5, 0.6) is 17.4 Å². The summed E-state index contributed by atoms with van der Waals surface area (Å²) < 4.78 is 147. The second-order valence-corrected chi connectivity index (χ2v) is 24.6. The number of hydrogen-bond donors (Lipinski definition) is 5. The lowest BCUT2D eigenvalue weighted by atomic mass is 10.1. The van der Waals surface area contributed by atoms with Crippen molar-refractivity contribution in [3.63, 3.8) is 0 Å². The molecular weight excluding hydrogens is 1120 g/mol. The zero-order valence-electron chi connectivity index (χ0n) is 39.9. The highest BCUT2D eigenvalue weighted by Gasteiger charge is 2.24. The number of thiazole rings is 1. The highest BCUT2D eigenvalue weighted by Crippen LogP contribution is 2.46. The van der Waals surface area contributed by atoms with Crippen LogP contribution in [0.1, 0.15) is 36.0 Å². The fraction of sp³-hybridized carbons (Fsp3) is 0.217.